The number of carbonyl (C=O) groups excluding carboxylic acids is 1. The molecule has 0 atom stereocenters. The van der Waals surface area contributed by atoms with Crippen molar-refractivity contribution < 1.29 is 9.18 Å². The van der Waals surface area contributed by atoms with Gasteiger partial charge in [0.2, 0.25) is 0 Å². The van der Waals surface area contributed by atoms with Crippen LogP contribution in [0.2, 0.25) is 0 Å². The molecule has 2 aromatic rings. The second-order valence-corrected chi connectivity index (χ2v) is 4.06. The summed E-state index contributed by atoms with van der Waals surface area (Å²) in [5.41, 5.74) is 0.838. The number of H-pyrrole nitrogens is 1. The van der Waals surface area contributed by atoms with Crippen molar-refractivity contribution in [3.8, 4) is 0 Å². The Bertz CT molecular complexity index is 553. The van der Waals surface area contributed by atoms with Crippen LogP contribution in [-0.4, -0.2) is 33.0 Å². The Morgan fingerprint density at radius 2 is 2.28 bits per heavy atom. The number of aryl methyl sites for hydroxylation is 1. The van der Waals surface area contributed by atoms with E-state index in [9.17, 15) is 9.18 Å². The van der Waals surface area contributed by atoms with Crippen LogP contribution in [-0.2, 0) is 6.54 Å². The highest BCUT2D eigenvalue weighted by Crippen LogP contribution is 2.11. The maximum absolute atomic E-state index is 13.4. The quantitative estimate of drug-likeness (QED) is 0.895. The van der Waals surface area contributed by atoms with Gasteiger partial charge in [0.15, 0.2) is 0 Å². The highest BCUT2D eigenvalue weighted by molar-refractivity contribution is 5.94. The minimum atomic E-state index is -0.381. The second-order valence-electron chi connectivity index (χ2n) is 4.06. The molecule has 94 valence electrons. The fraction of sp³-hybridized carbons (Fsp3) is 0.250. The van der Waals surface area contributed by atoms with E-state index in [0.717, 1.165) is 0 Å². The molecular formula is C12H13FN4O. The summed E-state index contributed by atoms with van der Waals surface area (Å²) in [5, 5.41) is 6.36. The number of benzene rings is 1. The van der Waals surface area contributed by atoms with Crippen LogP contribution in [0.25, 0.3) is 0 Å². The number of nitrogens with one attached hydrogen (secondary N) is 1. The number of nitrogens with zero attached hydrogens (tertiary/aromatic N) is 3. The molecule has 5 nitrogen and oxygen atoms in total. The molecule has 0 saturated carbocycles. The largest absolute Gasteiger partial charge is 0.334 e. The maximum Gasteiger partial charge on any atom is 0.254 e. The summed E-state index contributed by atoms with van der Waals surface area (Å²) in [4.78, 5) is 17.4. The third-order valence-corrected chi connectivity index (χ3v) is 2.62. The monoisotopic (exact) mass is 248 g/mol. The van der Waals surface area contributed by atoms with Crippen molar-refractivity contribution in [3.63, 3.8) is 0 Å². The van der Waals surface area contributed by atoms with Gasteiger partial charge in [0.05, 0.1) is 6.54 Å². The number of carbonyl (C=O) groups is 1. The second kappa shape index (κ2) is 4.95. The zero-order chi connectivity index (χ0) is 13.1. The van der Waals surface area contributed by atoms with Crippen LogP contribution in [0.1, 0.15) is 21.7 Å². The van der Waals surface area contributed by atoms with Gasteiger partial charge in [0, 0.05) is 12.6 Å². The van der Waals surface area contributed by atoms with Gasteiger partial charge in [-0.25, -0.2) is 9.37 Å². The van der Waals surface area contributed by atoms with E-state index in [1.165, 1.54) is 17.3 Å². The first-order valence-electron chi connectivity index (χ1n) is 5.44. The molecule has 1 amide bonds. The molecular weight excluding hydrogens is 235 g/mol. The fourth-order valence-electron chi connectivity index (χ4n) is 1.55. The summed E-state index contributed by atoms with van der Waals surface area (Å²) < 4.78 is 13.4. The molecule has 0 aliphatic heterocycles. The molecule has 0 unspecified atom stereocenters. The van der Waals surface area contributed by atoms with E-state index >= 15 is 0 Å². The minimum absolute atomic E-state index is 0.259. The van der Waals surface area contributed by atoms with E-state index < -0.39 is 0 Å². The van der Waals surface area contributed by atoms with E-state index in [1.807, 2.05) is 0 Å². The van der Waals surface area contributed by atoms with E-state index in [0.29, 0.717) is 23.5 Å². The number of hydrogen-bond donors (Lipinski definition) is 1. The van der Waals surface area contributed by atoms with Crippen LogP contribution >= 0.6 is 0 Å². The van der Waals surface area contributed by atoms with Gasteiger partial charge in [-0.15, -0.1) is 0 Å². The third-order valence-electron chi connectivity index (χ3n) is 2.62. The van der Waals surface area contributed by atoms with Crippen molar-refractivity contribution in [1.82, 2.24) is 20.1 Å². The van der Waals surface area contributed by atoms with Crippen molar-refractivity contribution in [2.75, 3.05) is 7.05 Å². The topological polar surface area (TPSA) is 61.9 Å². The zero-order valence-electron chi connectivity index (χ0n) is 10.1. The lowest BCUT2D eigenvalue weighted by atomic mass is 10.1. The first kappa shape index (κ1) is 12.2. The number of rotatable bonds is 3. The predicted octanol–water partition coefficient (Wildman–Crippen LogP) is 1.52. The van der Waals surface area contributed by atoms with Crippen LogP contribution in [0.5, 0.6) is 0 Å². The fourth-order valence-corrected chi connectivity index (χ4v) is 1.55. The predicted molar refractivity (Wildman–Crippen MR) is 63.3 cm³/mol. The lowest BCUT2D eigenvalue weighted by Crippen LogP contribution is -2.26. The summed E-state index contributed by atoms with van der Waals surface area (Å²) in [6, 6.07) is 4.44. The van der Waals surface area contributed by atoms with Gasteiger partial charge in [0.1, 0.15) is 18.0 Å². The molecule has 2 rings (SSSR count). The minimum Gasteiger partial charge on any atom is -0.334 e. The highest BCUT2D eigenvalue weighted by Gasteiger charge is 2.14. The SMILES string of the molecule is Cc1ccc(C(=O)N(C)Cc2ncn[nH]2)cc1F. The van der Waals surface area contributed by atoms with Crippen LogP contribution < -0.4 is 0 Å². The van der Waals surface area contributed by atoms with E-state index in [1.54, 1.807) is 26.1 Å². The number of aromatic nitrogens is 3. The van der Waals surface area contributed by atoms with Crippen LogP contribution in [0.3, 0.4) is 0 Å². The van der Waals surface area contributed by atoms with Gasteiger partial charge < -0.3 is 4.90 Å². The van der Waals surface area contributed by atoms with E-state index in [-0.39, 0.29) is 11.7 Å². The van der Waals surface area contributed by atoms with Crippen LogP contribution in [0.15, 0.2) is 24.5 Å². The first-order chi connectivity index (χ1) is 8.58. The molecule has 0 radical (unpaired) electrons. The standard InChI is InChI=1S/C12H13FN4O/c1-8-3-4-9(5-10(8)13)12(18)17(2)6-11-14-7-15-16-11/h3-5,7H,6H2,1-2H3,(H,14,15,16). The van der Waals surface area contributed by atoms with Gasteiger partial charge >= 0.3 is 0 Å². The Hall–Kier alpha value is -2.24. The Morgan fingerprint density at radius 1 is 1.50 bits per heavy atom. The van der Waals surface area contributed by atoms with Gasteiger partial charge in [-0.2, -0.15) is 5.10 Å². The van der Waals surface area contributed by atoms with Gasteiger partial charge in [-0.05, 0) is 24.6 Å². The zero-order valence-corrected chi connectivity index (χ0v) is 10.1. The van der Waals surface area contributed by atoms with Crippen LogP contribution in [0, 0.1) is 12.7 Å². The molecule has 0 fully saturated rings. The summed E-state index contributed by atoms with van der Waals surface area (Å²) in [6.45, 7) is 1.95. The van der Waals surface area contributed by atoms with Crippen LogP contribution in [0.4, 0.5) is 4.39 Å². The lowest BCUT2D eigenvalue weighted by molar-refractivity contribution is 0.0781. The normalized spacial score (nSPS) is 10.4. The van der Waals surface area contributed by atoms with Crippen molar-refractivity contribution >= 4 is 5.91 Å². The molecule has 18 heavy (non-hydrogen) atoms. The Kier molecular flexibility index (Phi) is 3.36. The summed E-state index contributed by atoms with van der Waals surface area (Å²) in [7, 11) is 1.63. The third kappa shape index (κ3) is 2.53. The van der Waals surface area contributed by atoms with Crippen molar-refractivity contribution in [3.05, 3.63) is 47.3 Å². The van der Waals surface area contributed by atoms with Gasteiger partial charge in [0.25, 0.3) is 5.91 Å². The molecule has 1 heterocycles. The molecule has 0 aliphatic carbocycles. The maximum atomic E-state index is 13.4. The van der Waals surface area contributed by atoms with Crippen molar-refractivity contribution in [2.24, 2.45) is 0 Å². The van der Waals surface area contributed by atoms with E-state index in [2.05, 4.69) is 15.2 Å². The summed E-state index contributed by atoms with van der Waals surface area (Å²) >= 11 is 0. The van der Waals surface area contributed by atoms with Gasteiger partial charge in [-0.3, -0.25) is 9.89 Å². The molecule has 0 aliphatic rings. The molecule has 6 heteroatoms. The average molecular weight is 248 g/mol. The summed E-state index contributed by atoms with van der Waals surface area (Å²) in [6.07, 6.45) is 1.37. The van der Waals surface area contributed by atoms with Crippen molar-refractivity contribution in [1.29, 1.82) is 0 Å². The summed E-state index contributed by atoms with van der Waals surface area (Å²) in [5.74, 6) is -0.0577. The number of aromatic amines is 1. The Labute approximate surface area is 104 Å². The highest BCUT2D eigenvalue weighted by atomic mass is 19.1. The smallest absolute Gasteiger partial charge is 0.254 e. The number of halogens is 1. The van der Waals surface area contributed by atoms with Gasteiger partial charge in [-0.1, -0.05) is 6.07 Å². The lowest BCUT2D eigenvalue weighted by Gasteiger charge is -2.15. The molecule has 1 aromatic heterocycles. The average Bonchev–Trinajstić information content (AvgIpc) is 2.84. The Morgan fingerprint density at radius 3 is 2.89 bits per heavy atom. The molecule has 0 spiro atoms. The van der Waals surface area contributed by atoms with Crippen molar-refractivity contribution in [2.45, 2.75) is 13.5 Å². The Balaban J connectivity index is 2.12. The molecule has 0 bridgehead atoms. The molecule has 1 aromatic carbocycles. The molecule has 1 N–H and O–H groups in total. The number of amides is 1. The molecule has 0 saturated heterocycles. The first-order valence-corrected chi connectivity index (χ1v) is 5.44. The van der Waals surface area contributed by atoms with E-state index in [4.69, 9.17) is 0 Å². The number of hydrogen-bond acceptors (Lipinski definition) is 3.